The largest absolute Gasteiger partial charge is 0.496 e. The number of aromatic nitrogens is 2. The smallest absolute Gasteiger partial charge is 0.252 e. The lowest BCUT2D eigenvalue weighted by molar-refractivity contribution is 0.0997. The highest BCUT2D eigenvalue weighted by molar-refractivity contribution is 6.01. The van der Waals surface area contributed by atoms with Crippen LogP contribution in [0.15, 0.2) is 66.7 Å². The minimum Gasteiger partial charge on any atom is -0.496 e. The summed E-state index contributed by atoms with van der Waals surface area (Å²) in [5, 5.41) is 14.0. The van der Waals surface area contributed by atoms with Gasteiger partial charge in [0.05, 0.1) is 12.7 Å². The molecule has 3 N–H and O–H groups in total. The van der Waals surface area contributed by atoms with Crippen molar-refractivity contribution in [1.82, 2.24) is 10.2 Å². The zero-order chi connectivity index (χ0) is 20.4. The lowest BCUT2D eigenvalue weighted by Gasteiger charge is -2.13. The molecular weight excluding hydrogens is 364 g/mol. The molecular formula is C23H20N4O2. The lowest BCUT2D eigenvalue weighted by Crippen LogP contribution is -2.13. The first-order valence-corrected chi connectivity index (χ1v) is 9.14. The molecule has 144 valence electrons. The van der Waals surface area contributed by atoms with Gasteiger partial charge in [-0.3, -0.25) is 4.79 Å². The summed E-state index contributed by atoms with van der Waals surface area (Å²) in [4.78, 5) is 11.7. The molecule has 0 bridgehead atoms. The molecule has 1 aromatic heterocycles. The third-order valence-corrected chi connectivity index (χ3v) is 4.74. The molecule has 6 nitrogen and oxygen atoms in total. The number of hydrogen-bond acceptors (Lipinski definition) is 5. The maximum atomic E-state index is 11.7. The lowest BCUT2D eigenvalue weighted by atomic mass is 10.0. The van der Waals surface area contributed by atoms with Crippen molar-refractivity contribution in [3.63, 3.8) is 0 Å². The number of methoxy groups -OCH3 is 1. The van der Waals surface area contributed by atoms with Gasteiger partial charge in [-0.25, -0.2) is 0 Å². The van der Waals surface area contributed by atoms with Gasteiger partial charge >= 0.3 is 0 Å². The molecule has 4 rings (SSSR count). The summed E-state index contributed by atoms with van der Waals surface area (Å²) in [6.07, 6.45) is 0. The Balaban J connectivity index is 1.78. The van der Waals surface area contributed by atoms with Crippen molar-refractivity contribution in [2.45, 2.75) is 6.92 Å². The number of nitrogens with one attached hydrogen (secondary N) is 1. The molecule has 0 atom stereocenters. The average molecular weight is 384 g/mol. The Morgan fingerprint density at radius 1 is 0.966 bits per heavy atom. The molecule has 3 aromatic carbocycles. The molecule has 6 heteroatoms. The molecule has 0 aliphatic rings. The molecule has 29 heavy (non-hydrogen) atoms. The second kappa shape index (κ2) is 7.59. The average Bonchev–Trinajstić information content (AvgIpc) is 2.74. The Labute approximate surface area is 168 Å². The van der Waals surface area contributed by atoms with E-state index in [0.717, 1.165) is 22.0 Å². The summed E-state index contributed by atoms with van der Waals surface area (Å²) in [5.74, 6) is 0.460. The van der Waals surface area contributed by atoms with Gasteiger partial charge in [0.25, 0.3) is 5.91 Å². The molecule has 4 aromatic rings. The molecule has 0 radical (unpaired) electrons. The molecule has 0 saturated carbocycles. The van der Waals surface area contributed by atoms with E-state index in [1.807, 2.05) is 36.4 Å². The van der Waals surface area contributed by atoms with Gasteiger partial charge in [-0.15, -0.1) is 10.2 Å². The number of nitrogens with two attached hydrogens (primary N) is 1. The number of hydrogen-bond donors (Lipinski definition) is 2. The van der Waals surface area contributed by atoms with E-state index in [4.69, 9.17) is 10.5 Å². The van der Waals surface area contributed by atoms with Gasteiger partial charge in [0, 0.05) is 22.0 Å². The van der Waals surface area contributed by atoms with Crippen LogP contribution in [0.2, 0.25) is 0 Å². The molecule has 1 heterocycles. The van der Waals surface area contributed by atoms with E-state index >= 15 is 0 Å². The van der Waals surface area contributed by atoms with Crippen LogP contribution in [0, 0.1) is 6.92 Å². The number of carbonyl (C=O) groups excluding carboxylic acids is 1. The van der Waals surface area contributed by atoms with Crippen molar-refractivity contribution in [1.29, 1.82) is 0 Å². The van der Waals surface area contributed by atoms with E-state index in [1.54, 1.807) is 18.2 Å². The first-order valence-electron chi connectivity index (χ1n) is 9.14. The second-order valence-electron chi connectivity index (χ2n) is 6.71. The van der Waals surface area contributed by atoms with Gasteiger partial charge in [-0.05, 0) is 25.1 Å². The standard InChI is InChI=1S/C23H20N4O2/c1-14-7-9-15(10-8-14)21-17-5-3-4-6-18(17)23(27-26-21)25-16-11-12-20(29-2)19(13-16)22(24)28/h3-13H,1-2H3,(H2,24,28)(H,25,27). The van der Waals surface area contributed by atoms with Crippen LogP contribution in [0.25, 0.3) is 22.0 Å². The number of amides is 1. The first kappa shape index (κ1) is 18.4. The van der Waals surface area contributed by atoms with Crippen molar-refractivity contribution in [3.8, 4) is 17.0 Å². The van der Waals surface area contributed by atoms with Gasteiger partial charge in [-0.2, -0.15) is 0 Å². The SMILES string of the molecule is COc1ccc(Nc2nnc(-c3ccc(C)cc3)c3ccccc23)cc1C(N)=O. The summed E-state index contributed by atoms with van der Waals surface area (Å²) < 4.78 is 5.20. The van der Waals surface area contributed by atoms with Crippen molar-refractivity contribution in [2.75, 3.05) is 12.4 Å². The van der Waals surface area contributed by atoms with Crippen LogP contribution in [-0.2, 0) is 0 Å². The van der Waals surface area contributed by atoms with Crippen LogP contribution >= 0.6 is 0 Å². The molecule has 0 saturated heterocycles. The normalized spacial score (nSPS) is 10.7. The van der Waals surface area contributed by atoms with Crippen LogP contribution in [0.4, 0.5) is 11.5 Å². The molecule has 0 aliphatic carbocycles. The number of fused-ring (bicyclic) bond motifs is 1. The predicted octanol–water partition coefficient (Wildman–Crippen LogP) is 4.46. The van der Waals surface area contributed by atoms with Crippen molar-refractivity contribution in [3.05, 3.63) is 77.9 Å². The molecule has 0 unspecified atom stereocenters. The van der Waals surface area contributed by atoms with Crippen molar-refractivity contribution in [2.24, 2.45) is 5.73 Å². The summed E-state index contributed by atoms with van der Waals surface area (Å²) >= 11 is 0. The minimum atomic E-state index is -0.559. The molecule has 0 spiro atoms. The number of benzene rings is 3. The number of ether oxygens (including phenoxy) is 1. The number of nitrogens with zero attached hydrogens (tertiary/aromatic N) is 2. The van der Waals surface area contributed by atoms with E-state index in [0.29, 0.717) is 22.8 Å². The first-order chi connectivity index (χ1) is 14.1. The Bertz CT molecular complexity index is 1200. The highest BCUT2D eigenvalue weighted by Gasteiger charge is 2.13. The van der Waals surface area contributed by atoms with Gasteiger partial charge < -0.3 is 15.8 Å². The third-order valence-electron chi connectivity index (χ3n) is 4.74. The van der Waals surface area contributed by atoms with Gasteiger partial charge in [0.15, 0.2) is 5.82 Å². The zero-order valence-corrected chi connectivity index (χ0v) is 16.1. The fraction of sp³-hybridized carbons (Fsp3) is 0.0870. The number of carbonyl (C=O) groups is 1. The number of aryl methyl sites for hydroxylation is 1. The number of primary amides is 1. The van der Waals surface area contributed by atoms with Gasteiger partial charge in [-0.1, -0.05) is 54.1 Å². The Morgan fingerprint density at radius 3 is 2.38 bits per heavy atom. The van der Waals surface area contributed by atoms with Crippen molar-refractivity contribution >= 4 is 28.2 Å². The Kier molecular flexibility index (Phi) is 4.83. The third kappa shape index (κ3) is 3.60. The zero-order valence-electron chi connectivity index (χ0n) is 16.1. The van der Waals surface area contributed by atoms with E-state index in [9.17, 15) is 4.79 Å². The summed E-state index contributed by atoms with van der Waals surface area (Å²) in [6.45, 7) is 2.05. The molecule has 1 amide bonds. The highest BCUT2D eigenvalue weighted by atomic mass is 16.5. The van der Waals surface area contributed by atoms with E-state index in [1.165, 1.54) is 12.7 Å². The maximum absolute atomic E-state index is 11.7. The van der Waals surface area contributed by atoms with Crippen LogP contribution in [0.5, 0.6) is 5.75 Å². The highest BCUT2D eigenvalue weighted by Crippen LogP contribution is 2.32. The fourth-order valence-electron chi connectivity index (χ4n) is 3.24. The van der Waals surface area contributed by atoms with E-state index < -0.39 is 5.91 Å². The van der Waals surface area contributed by atoms with E-state index in [-0.39, 0.29) is 0 Å². The van der Waals surface area contributed by atoms with Gasteiger partial charge in [0.1, 0.15) is 11.4 Å². The van der Waals surface area contributed by atoms with Gasteiger partial charge in [0.2, 0.25) is 0 Å². The monoisotopic (exact) mass is 384 g/mol. The summed E-state index contributed by atoms with van der Waals surface area (Å²) in [5.41, 5.74) is 9.44. The van der Waals surface area contributed by atoms with Crippen LogP contribution < -0.4 is 15.8 Å². The van der Waals surface area contributed by atoms with Crippen LogP contribution in [0.3, 0.4) is 0 Å². The Hall–Kier alpha value is -3.93. The minimum absolute atomic E-state index is 0.297. The number of rotatable bonds is 5. The second-order valence-corrected chi connectivity index (χ2v) is 6.71. The quantitative estimate of drug-likeness (QED) is 0.530. The maximum Gasteiger partial charge on any atom is 0.252 e. The number of anilines is 2. The Morgan fingerprint density at radius 2 is 1.69 bits per heavy atom. The summed E-state index contributed by atoms with van der Waals surface area (Å²) in [7, 11) is 1.50. The summed E-state index contributed by atoms with van der Waals surface area (Å²) in [6, 6.07) is 21.3. The fourth-order valence-corrected chi connectivity index (χ4v) is 3.24. The van der Waals surface area contributed by atoms with Crippen LogP contribution in [0.1, 0.15) is 15.9 Å². The topological polar surface area (TPSA) is 90.1 Å². The van der Waals surface area contributed by atoms with E-state index in [2.05, 4.69) is 34.6 Å². The van der Waals surface area contributed by atoms with Crippen molar-refractivity contribution < 1.29 is 9.53 Å². The predicted molar refractivity (Wildman–Crippen MR) is 115 cm³/mol. The van der Waals surface area contributed by atoms with Crippen LogP contribution in [-0.4, -0.2) is 23.2 Å². The molecule has 0 aliphatic heterocycles. The molecule has 0 fully saturated rings.